The van der Waals surface area contributed by atoms with Crippen LogP contribution in [0.25, 0.3) is 0 Å². The number of hydrogen-bond donors (Lipinski definition) is 1. The van der Waals surface area contributed by atoms with E-state index in [1.807, 2.05) is 30.9 Å². The van der Waals surface area contributed by atoms with Crippen LogP contribution in [0.1, 0.15) is 35.8 Å². The van der Waals surface area contributed by atoms with Gasteiger partial charge in [0.1, 0.15) is 0 Å². The van der Waals surface area contributed by atoms with E-state index in [-0.39, 0.29) is 24.0 Å². The van der Waals surface area contributed by atoms with Crippen LogP contribution >= 0.6 is 0 Å². The predicted octanol–water partition coefficient (Wildman–Crippen LogP) is 1.34. The van der Waals surface area contributed by atoms with Crippen LogP contribution in [-0.2, 0) is 0 Å². The molecule has 0 radical (unpaired) electrons. The number of likely N-dealkylation sites (tertiary alicyclic amines) is 2. The topological polar surface area (TPSA) is 68.8 Å². The largest absolute Gasteiger partial charge is 0.338 e. The van der Waals surface area contributed by atoms with Crippen molar-refractivity contribution in [3.8, 4) is 0 Å². The summed E-state index contributed by atoms with van der Waals surface area (Å²) in [6, 6.07) is 4.01. The second kappa shape index (κ2) is 8.03. The van der Waals surface area contributed by atoms with Crippen LogP contribution in [0, 0.1) is 6.92 Å². The first-order valence-corrected chi connectivity index (χ1v) is 9.46. The van der Waals surface area contributed by atoms with E-state index in [1.54, 1.807) is 11.1 Å². The molecule has 2 aliphatic heterocycles. The Morgan fingerprint density at radius 3 is 2.50 bits per heavy atom. The molecule has 1 aromatic rings. The van der Waals surface area contributed by atoms with Crippen LogP contribution in [-0.4, -0.2) is 83.5 Å². The van der Waals surface area contributed by atoms with Gasteiger partial charge in [-0.25, -0.2) is 4.79 Å². The summed E-state index contributed by atoms with van der Waals surface area (Å²) in [4.78, 5) is 35.5. The van der Waals surface area contributed by atoms with Gasteiger partial charge in [-0.2, -0.15) is 0 Å². The molecule has 2 aliphatic rings. The number of piperidine rings is 1. The lowest BCUT2D eigenvalue weighted by atomic mass is 9.98. The molecular weight excluding hydrogens is 330 g/mol. The minimum absolute atomic E-state index is 0.00356. The van der Waals surface area contributed by atoms with E-state index in [4.69, 9.17) is 0 Å². The van der Waals surface area contributed by atoms with Gasteiger partial charge in [-0.1, -0.05) is 0 Å². The lowest BCUT2D eigenvalue weighted by molar-refractivity contribution is 0.0164. The normalized spacial score (nSPS) is 19.1. The Morgan fingerprint density at radius 1 is 1.23 bits per heavy atom. The van der Waals surface area contributed by atoms with Gasteiger partial charge in [0.25, 0.3) is 5.91 Å². The first-order chi connectivity index (χ1) is 12.5. The van der Waals surface area contributed by atoms with Gasteiger partial charge in [0.05, 0.1) is 11.6 Å². The van der Waals surface area contributed by atoms with E-state index in [0.29, 0.717) is 25.2 Å². The number of nitrogens with zero attached hydrogens (tertiary/aromatic N) is 4. The second-order valence-corrected chi connectivity index (χ2v) is 7.33. The van der Waals surface area contributed by atoms with E-state index in [1.165, 1.54) is 0 Å². The Balaban J connectivity index is 1.63. The number of hydrogen-bond acceptors (Lipinski definition) is 4. The van der Waals surface area contributed by atoms with Gasteiger partial charge < -0.3 is 20.0 Å². The molecule has 0 saturated carbocycles. The molecule has 3 rings (SSSR count). The highest BCUT2D eigenvalue weighted by atomic mass is 16.2. The number of carbonyl (C=O) groups is 2. The van der Waals surface area contributed by atoms with Crippen molar-refractivity contribution in [2.24, 2.45) is 0 Å². The summed E-state index contributed by atoms with van der Waals surface area (Å²) in [6.45, 7) is 7.65. The molecule has 7 nitrogen and oxygen atoms in total. The third-order valence-corrected chi connectivity index (χ3v) is 5.35. The number of aromatic nitrogens is 1. The predicted molar refractivity (Wildman–Crippen MR) is 100 cm³/mol. The number of nitrogens with one attached hydrogen (secondary N) is 1. The zero-order valence-corrected chi connectivity index (χ0v) is 15.9. The minimum atomic E-state index is -0.00650. The highest BCUT2D eigenvalue weighted by Crippen LogP contribution is 2.25. The molecule has 142 valence electrons. The fourth-order valence-electron chi connectivity index (χ4n) is 3.72. The van der Waals surface area contributed by atoms with Crippen molar-refractivity contribution < 1.29 is 9.59 Å². The minimum Gasteiger partial charge on any atom is -0.338 e. The maximum atomic E-state index is 12.6. The van der Waals surface area contributed by atoms with Crippen molar-refractivity contribution in [1.29, 1.82) is 0 Å². The zero-order valence-electron chi connectivity index (χ0n) is 15.9. The standard InChI is InChI=1S/C19H29N5O2/c1-4-20-19(26)24(16-7-9-22(3)10-8-16)17-12-23(13-17)18(25)15-6-5-14(2)21-11-15/h5-6,11,16-17H,4,7-10,12-13H2,1-3H3,(H,20,26). The van der Waals surface area contributed by atoms with Gasteiger partial charge in [-0.3, -0.25) is 9.78 Å². The molecule has 1 aromatic heterocycles. The molecule has 26 heavy (non-hydrogen) atoms. The third-order valence-electron chi connectivity index (χ3n) is 5.35. The highest BCUT2D eigenvalue weighted by Gasteiger charge is 2.41. The zero-order chi connectivity index (χ0) is 18.7. The fourth-order valence-corrected chi connectivity index (χ4v) is 3.72. The number of urea groups is 1. The van der Waals surface area contributed by atoms with Crippen LogP contribution in [0.15, 0.2) is 18.3 Å². The average Bonchev–Trinajstić information content (AvgIpc) is 2.59. The number of carbonyl (C=O) groups excluding carboxylic acids is 2. The maximum absolute atomic E-state index is 12.6. The molecule has 2 saturated heterocycles. The third kappa shape index (κ3) is 3.98. The molecule has 0 aliphatic carbocycles. The first-order valence-electron chi connectivity index (χ1n) is 9.46. The molecule has 3 amide bonds. The van der Waals surface area contributed by atoms with Crippen LogP contribution in [0.2, 0.25) is 0 Å². The molecule has 0 bridgehead atoms. The monoisotopic (exact) mass is 359 g/mol. The van der Waals surface area contributed by atoms with Crippen molar-refractivity contribution in [3.05, 3.63) is 29.6 Å². The van der Waals surface area contributed by atoms with Crippen molar-refractivity contribution >= 4 is 11.9 Å². The number of rotatable bonds is 4. The number of pyridine rings is 1. The quantitative estimate of drug-likeness (QED) is 0.881. The van der Waals surface area contributed by atoms with Crippen molar-refractivity contribution in [3.63, 3.8) is 0 Å². The molecule has 1 N–H and O–H groups in total. The van der Waals surface area contributed by atoms with Gasteiger partial charge >= 0.3 is 6.03 Å². The van der Waals surface area contributed by atoms with Crippen molar-refractivity contribution in [1.82, 2.24) is 25.0 Å². The summed E-state index contributed by atoms with van der Waals surface area (Å²) in [5.41, 5.74) is 1.51. The molecule has 3 heterocycles. The smallest absolute Gasteiger partial charge is 0.318 e. The fraction of sp³-hybridized carbons (Fsp3) is 0.632. The van der Waals surface area contributed by atoms with E-state index >= 15 is 0 Å². The lowest BCUT2D eigenvalue weighted by Crippen LogP contribution is -2.66. The van der Waals surface area contributed by atoms with Crippen molar-refractivity contribution in [2.45, 2.75) is 38.8 Å². The Hall–Kier alpha value is -2.15. The second-order valence-electron chi connectivity index (χ2n) is 7.33. The molecule has 0 aromatic carbocycles. The highest BCUT2D eigenvalue weighted by molar-refractivity contribution is 5.94. The summed E-state index contributed by atoms with van der Waals surface area (Å²) in [7, 11) is 2.12. The van der Waals surface area contributed by atoms with E-state index in [0.717, 1.165) is 31.6 Å². The Bertz CT molecular complexity index is 634. The van der Waals surface area contributed by atoms with Gasteiger partial charge in [0.2, 0.25) is 0 Å². The SMILES string of the molecule is CCNC(=O)N(C1CCN(C)CC1)C1CN(C(=O)c2ccc(C)nc2)C1. The van der Waals surface area contributed by atoms with Gasteiger partial charge in [-0.05, 0) is 59.0 Å². The molecular formula is C19H29N5O2. The van der Waals surface area contributed by atoms with Crippen molar-refractivity contribution in [2.75, 3.05) is 39.8 Å². The van der Waals surface area contributed by atoms with Gasteiger partial charge in [-0.15, -0.1) is 0 Å². The molecule has 0 unspecified atom stereocenters. The number of aryl methyl sites for hydroxylation is 1. The Kier molecular flexibility index (Phi) is 5.76. The van der Waals surface area contributed by atoms with Crippen LogP contribution < -0.4 is 5.32 Å². The summed E-state index contributed by atoms with van der Waals surface area (Å²) >= 11 is 0. The maximum Gasteiger partial charge on any atom is 0.318 e. The van der Waals surface area contributed by atoms with E-state index in [2.05, 4.69) is 22.2 Å². The summed E-state index contributed by atoms with van der Waals surface area (Å²) in [6.07, 6.45) is 3.60. The summed E-state index contributed by atoms with van der Waals surface area (Å²) < 4.78 is 0. The van der Waals surface area contributed by atoms with Gasteiger partial charge in [0.15, 0.2) is 0 Å². The van der Waals surface area contributed by atoms with Crippen LogP contribution in [0.5, 0.6) is 0 Å². The number of amides is 3. The molecule has 7 heteroatoms. The van der Waals surface area contributed by atoms with Crippen LogP contribution in [0.4, 0.5) is 4.79 Å². The first kappa shape index (κ1) is 18.6. The Morgan fingerprint density at radius 2 is 1.92 bits per heavy atom. The molecule has 0 spiro atoms. The molecule has 2 fully saturated rings. The summed E-state index contributed by atoms with van der Waals surface area (Å²) in [5, 5.41) is 2.95. The lowest BCUT2D eigenvalue weighted by Gasteiger charge is -2.49. The van der Waals surface area contributed by atoms with Crippen LogP contribution in [0.3, 0.4) is 0 Å². The molecule has 0 atom stereocenters. The summed E-state index contributed by atoms with van der Waals surface area (Å²) in [5.74, 6) is -0.00650. The average molecular weight is 359 g/mol. The van der Waals surface area contributed by atoms with E-state index in [9.17, 15) is 9.59 Å². The Labute approximate surface area is 155 Å². The van der Waals surface area contributed by atoms with Gasteiger partial charge in [0, 0.05) is 37.6 Å². The van der Waals surface area contributed by atoms with E-state index < -0.39 is 0 Å².